The fraction of sp³-hybridized carbons (Fsp3) is 0.320. The van der Waals surface area contributed by atoms with E-state index < -0.39 is 5.82 Å². The van der Waals surface area contributed by atoms with E-state index in [9.17, 15) is 14.0 Å². The lowest BCUT2D eigenvalue weighted by atomic mass is 9.92. The number of benzene rings is 1. The Kier molecular flexibility index (Phi) is 6.72. The molecular formula is C25H26FN3O4. The number of pyridine rings is 2. The molecular weight excluding hydrogens is 425 g/mol. The smallest absolute Gasteiger partial charge is 0.254 e. The van der Waals surface area contributed by atoms with Gasteiger partial charge in [0.05, 0.1) is 13.2 Å². The van der Waals surface area contributed by atoms with Gasteiger partial charge in [-0.2, -0.15) is 0 Å². The van der Waals surface area contributed by atoms with Gasteiger partial charge in [0.25, 0.3) is 5.91 Å². The first-order valence-corrected chi connectivity index (χ1v) is 11.0. The molecule has 4 rings (SSSR count). The number of hydrogen-bond acceptors (Lipinski definition) is 5. The molecule has 3 aromatic rings. The van der Waals surface area contributed by atoms with Crippen molar-refractivity contribution in [1.29, 1.82) is 0 Å². The molecule has 0 fully saturated rings. The number of rotatable bonds is 7. The third-order valence-electron chi connectivity index (χ3n) is 5.79. The second-order valence-corrected chi connectivity index (χ2v) is 7.96. The minimum Gasteiger partial charge on any atom is -0.491 e. The molecule has 1 amide bonds. The number of fused-ring (bicyclic) bond motifs is 1. The maximum Gasteiger partial charge on any atom is 0.254 e. The summed E-state index contributed by atoms with van der Waals surface area (Å²) in [5, 5.41) is 0. The molecule has 2 aromatic heterocycles. The lowest BCUT2D eigenvalue weighted by molar-refractivity contribution is 0.0583. The number of carbonyl (C=O) groups is 1. The first-order chi connectivity index (χ1) is 16.0. The second-order valence-electron chi connectivity index (χ2n) is 7.96. The SMILES string of the molecule is CCCCN(C(=O)c1cc[nH]c(=O)c1)[C@@H]1COc2cccc(-c3cnc(OC)c(F)c3)c2C1. The molecule has 3 heterocycles. The molecule has 8 heteroatoms. The van der Waals surface area contributed by atoms with Crippen molar-refractivity contribution in [3.05, 3.63) is 76.1 Å². The van der Waals surface area contributed by atoms with Crippen LogP contribution >= 0.6 is 0 Å². The first kappa shape index (κ1) is 22.5. The zero-order valence-electron chi connectivity index (χ0n) is 18.6. The van der Waals surface area contributed by atoms with Crippen molar-refractivity contribution in [3.8, 4) is 22.8 Å². The predicted octanol–water partition coefficient (Wildman–Crippen LogP) is 3.83. The number of unbranched alkanes of at least 4 members (excludes halogenated alkanes) is 1. The van der Waals surface area contributed by atoms with Gasteiger partial charge in [-0.25, -0.2) is 9.37 Å². The van der Waals surface area contributed by atoms with E-state index in [4.69, 9.17) is 9.47 Å². The predicted molar refractivity (Wildman–Crippen MR) is 122 cm³/mol. The van der Waals surface area contributed by atoms with Gasteiger partial charge in [-0.1, -0.05) is 25.5 Å². The number of nitrogens with zero attached hydrogens (tertiary/aromatic N) is 2. The third-order valence-corrected chi connectivity index (χ3v) is 5.79. The molecule has 1 N–H and O–H groups in total. The molecule has 1 atom stereocenters. The molecule has 0 saturated heterocycles. The summed E-state index contributed by atoms with van der Waals surface area (Å²) in [4.78, 5) is 33.5. The second kappa shape index (κ2) is 9.85. The number of aromatic nitrogens is 2. The van der Waals surface area contributed by atoms with Crippen LogP contribution < -0.4 is 15.0 Å². The van der Waals surface area contributed by atoms with E-state index in [0.717, 1.165) is 24.0 Å². The normalized spacial score (nSPS) is 14.8. The van der Waals surface area contributed by atoms with Crippen molar-refractivity contribution in [3.63, 3.8) is 0 Å². The monoisotopic (exact) mass is 451 g/mol. The molecule has 0 saturated carbocycles. The number of amides is 1. The third kappa shape index (κ3) is 4.74. The topological polar surface area (TPSA) is 84.5 Å². The number of nitrogens with one attached hydrogen (secondary N) is 1. The number of hydrogen-bond donors (Lipinski definition) is 1. The molecule has 0 bridgehead atoms. The fourth-order valence-corrected chi connectivity index (χ4v) is 4.11. The highest BCUT2D eigenvalue weighted by Crippen LogP contribution is 2.36. The summed E-state index contributed by atoms with van der Waals surface area (Å²) in [5.74, 6) is -0.109. The molecule has 1 aromatic carbocycles. The summed E-state index contributed by atoms with van der Waals surface area (Å²) >= 11 is 0. The summed E-state index contributed by atoms with van der Waals surface area (Å²) in [6.07, 6.45) is 5.33. The van der Waals surface area contributed by atoms with Crippen molar-refractivity contribution >= 4 is 5.91 Å². The number of methoxy groups -OCH3 is 1. The van der Waals surface area contributed by atoms with E-state index in [1.165, 1.54) is 25.4 Å². The Bertz CT molecular complexity index is 1210. The van der Waals surface area contributed by atoms with Crippen LogP contribution in [0.25, 0.3) is 11.1 Å². The van der Waals surface area contributed by atoms with Crippen molar-refractivity contribution in [2.24, 2.45) is 0 Å². The van der Waals surface area contributed by atoms with E-state index in [0.29, 0.717) is 36.4 Å². The maximum atomic E-state index is 14.3. The van der Waals surface area contributed by atoms with Crippen LogP contribution in [0.2, 0.25) is 0 Å². The summed E-state index contributed by atoms with van der Waals surface area (Å²) in [6.45, 7) is 2.95. The Hall–Kier alpha value is -3.68. The van der Waals surface area contributed by atoms with Crippen LogP contribution in [0.1, 0.15) is 35.7 Å². The number of carbonyl (C=O) groups excluding carboxylic acids is 1. The highest BCUT2D eigenvalue weighted by molar-refractivity contribution is 5.94. The van der Waals surface area contributed by atoms with Crippen LogP contribution in [-0.4, -0.2) is 47.1 Å². The molecule has 7 nitrogen and oxygen atoms in total. The minimum atomic E-state index is -0.546. The fourth-order valence-electron chi connectivity index (χ4n) is 4.11. The number of aromatic amines is 1. The van der Waals surface area contributed by atoms with Gasteiger partial charge in [0.2, 0.25) is 11.4 Å². The Balaban J connectivity index is 1.68. The summed E-state index contributed by atoms with van der Waals surface area (Å²) < 4.78 is 25.3. The zero-order chi connectivity index (χ0) is 23.4. The Morgan fingerprint density at radius 1 is 1.33 bits per heavy atom. The molecule has 0 aliphatic carbocycles. The van der Waals surface area contributed by atoms with Gasteiger partial charge in [-0.15, -0.1) is 0 Å². The molecule has 1 aliphatic heterocycles. The van der Waals surface area contributed by atoms with Crippen LogP contribution in [0.4, 0.5) is 4.39 Å². The number of H-pyrrole nitrogens is 1. The van der Waals surface area contributed by atoms with Gasteiger partial charge >= 0.3 is 0 Å². The highest BCUT2D eigenvalue weighted by Gasteiger charge is 2.31. The van der Waals surface area contributed by atoms with Crippen LogP contribution in [0.3, 0.4) is 0 Å². The Morgan fingerprint density at radius 3 is 2.91 bits per heavy atom. The van der Waals surface area contributed by atoms with Gasteiger partial charge in [-0.3, -0.25) is 9.59 Å². The Labute approximate surface area is 191 Å². The molecule has 0 spiro atoms. The van der Waals surface area contributed by atoms with E-state index in [1.54, 1.807) is 17.2 Å². The lowest BCUT2D eigenvalue weighted by Crippen LogP contribution is -2.47. The summed E-state index contributed by atoms with van der Waals surface area (Å²) in [6, 6.07) is 9.70. The van der Waals surface area contributed by atoms with E-state index in [2.05, 4.69) is 16.9 Å². The number of halogens is 1. The van der Waals surface area contributed by atoms with E-state index in [1.807, 2.05) is 18.2 Å². The summed E-state index contributed by atoms with van der Waals surface area (Å²) in [7, 11) is 1.37. The first-order valence-electron chi connectivity index (χ1n) is 11.0. The standard InChI is InChI=1S/C25H26FN3O4/c1-3-4-10-29(25(31)16-8-9-27-23(30)12-16)18-13-20-19(6-5-7-22(20)33-15-18)17-11-21(26)24(32-2)28-14-17/h5-9,11-12,14,18H,3-4,10,13,15H2,1-2H3,(H,27,30)/t18-/m0/s1. The Morgan fingerprint density at radius 2 is 2.18 bits per heavy atom. The van der Waals surface area contributed by atoms with Gasteiger partial charge in [0, 0.05) is 48.1 Å². The molecule has 1 aliphatic rings. The average Bonchev–Trinajstić information content (AvgIpc) is 2.83. The van der Waals surface area contributed by atoms with Gasteiger partial charge in [-0.05, 0) is 30.2 Å². The van der Waals surface area contributed by atoms with Crippen molar-refractivity contribution in [2.45, 2.75) is 32.2 Å². The van der Waals surface area contributed by atoms with Gasteiger partial charge < -0.3 is 19.4 Å². The average molecular weight is 451 g/mol. The van der Waals surface area contributed by atoms with Crippen LogP contribution in [0.15, 0.2) is 53.6 Å². The van der Waals surface area contributed by atoms with Crippen LogP contribution in [0.5, 0.6) is 11.6 Å². The highest BCUT2D eigenvalue weighted by atomic mass is 19.1. The lowest BCUT2D eigenvalue weighted by Gasteiger charge is -2.36. The van der Waals surface area contributed by atoms with Crippen LogP contribution in [-0.2, 0) is 6.42 Å². The zero-order valence-corrected chi connectivity index (χ0v) is 18.6. The van der Waals surface area contributed by atoms with E-state index >= 15 is 0 Å². The van der Waals surface area contributed by atoms with Crippen molar-refractivity contribution in [1.82, 2.24) is 14.9 Å². The van der Waals surface area contributed by atoms with Crippen molar-refractivity contribution in [2.75, 3.05) is 20.3 Å². The minimum absolute atomic E-state index is 0.0631. The quantitative estimate of drug-likeness (QED) is 0.590. The largest absolute Gasteiger partial charge is 0.491 e. The maximum absolute atomic E-state index is 14.3. The summed E-state index contributed by atoms with van der Waals surface area (Å²) in [5.41, 5.74) is 2.31. The molecule has 172 valence electrons. The molecule has 0 radical (unpaired) electrons. The van der Waals surface area contributed by atoms with Gasteiger partial charge in [0.1, 0.15) is 12.4 Å². The van der Waals surface area contributed by atoms with Crippen LogP contribution in [0, 0.1) is 5.82 Å². The molecule has 33 heavy (non-hydrogen) atoms. The van der Waals surface area contributed by atoms with Crippen molar-refractivity contribution < 1.29 is 18.7 Å². The molecule has 0 unspecified atom stereocenters. The van der Waals surface area contributed by atoms with E-state index in [-0.39, 0.29) is 23.4 Å². The number of ether oxygens (including phenoxy) is 2. The van der Waals surface area contributed by atoms with Gasteiger partial charge in [0.15, 0.2) is 5.82 Å².